The van der Waals surface area contributed by atoms with Crippen molar-refractivity contribution in [2.24, 2.45) is 5.10 Å². The molecule has 1 aliphatic rings. The van der Waals surface area contributed by atoms with Gasteiger partial charge in [-0.05, 0) is 42.0 Å². The Balaban J connectivity index is 1.48. The summed E-state index contributed by atoms with van der Waals surface area (Å²) >= 11 is 11.7. The maximum Gasteiger partial charge on any atom is 0.249 e. The van der Waals surface area contributed by atoms with Crippen LogP contribution in [0, 0.1) is 0 Å². The fourth-order valence-corrected chi connectivity index (χ4v) is 2.43. The summed E-state index contributed by atoms with van der Waals surface area (Å²) in [4.78, 5) is 23.6. The van der Waals surface area contributed by atoms with E-state index in [9.17, 15) is 9.59 Å². The molecule has 26 heavy (non-hydrogen) atoms. The van der Waals surface area contributed by atoms with Gasteiger partial charge in [0.25, 0.3) is 0 Å². The van der Waals surface area contributed by atoms with E-state index in [1.807, 2.05) is 0 Å². The van der Waals surface area contributed by atoms with E-state index in [0.29, 0.717) is 27.2 Å². The van der Waals surface area contributed by atoms with E-state index in [2.05, 4.69) is 15.8 Å². The van der Waals surface area contributed by atoms with Crippen LogP contribution in [0.5, 0.6) is 11.5 Å². The number of hydrogen-bond acceptors (Lipinski definition) is 5. The van der Waals surface area contributed by atoms with E-state index in [0.717, 1.165) is 5.56 Å². The van der Waals surface area contributed by atoms with Gasteiger partial charge in [0.05, 0.1) is 16.3 Å². The fraction of sp³-hybridized carbons (Fsp3) is 0.118. The Morgan fingerprint density at radius 3 is 2.65 bits per heavy atom. The van der Waals surface area contributed by atoms with Crippen molar-refractivity contribution in [2.45, 2.75) is 6.42 Å². The lowest BCUT2D eigenvalue weighted by atomic mass is 10.2. The van der Waals surface area contributed by atoms with Crippen LogP contribution in [0.2, 0.25) is 10.0 Å². The van der Waals surface area contributed by atoms with Gasteiger partial charge in [-0.3, -0.25) is 9.59 Å². The molecule has 0 aliphatic carbocycles. The minimum atomic E-state index is -0.556. The number of rotatable bonds is 5. The first-order chi connectivity index (χ1) is 12.5. The van der Waals surface area contributed by atoms with E-state index < -0.39 is 18.2 Å². The first-order valence-electron chi connectivity index (χ1n) is 7.48. The average molecular weight is 394 g/mol. The van der Waals surface area contributed by atoms with Crippen molar-refractivity contribution in [3.05, 3.63) is 52.0 Å². The monoisotopic (exact) mass is 393 g/mol. The van der Waals surface area contributed by atoms with Gasteiger partial charge in [0.15, 0.2) is 11.5 Å². The highest BCUT2D eigenvalue weighted by Gasteiger charge is 2.13. The molecule has 2 amide bonds. The second-order valence-electron chi connectivity index (χ2n) is 5.26. The minimum Gasteiger partial charge on any atom is -0.454 e. The van der Waals surface area contributed by atoms with Crippen LogP contribution in [0.25, 0.3) is 0 Å². The molecule has 0 saturated carbocycles. The number of fused-ring (bicyclic) bond motifs is 1. The van der Waals surface area contributed by atoms with Gasteiger partial charge in [-0.15, -0.1) is 0 Å². The van der Waals surface area contributed by atoms with Crippen LogP contribution >= 0.6 is 23.2 Å². The van der Waals surface area contributed by atoms with Gasteiger partial charge >= 0.3 is 0 Å². The maximum absolute atomic E-state index is 11.8. The van der Waals surface area contributed by atoms with E-state index in [1.54, 1.807) is 30.3 Å². The van der Waals surface area contributed by atoms with Crippen molar-refractivity contribution < 1.29 is 19.1 Å². The number of amides is 2. The Hall–Kier alpha value is -2.77. The molecule has 3 rings (SSSR count). The number of benzene rings is 2. The van der Waals surface area contributed by atoms with Gasteiger partial charge in [0.2, 0.25) is 18.6 Å². The van der Waals surface area contributed by atoms with Crippen LogP contribution in [-0.2, 0) is 9.59 Å². The second kappa shape index (κ2) is 8.07. The van der Waals surface area contributed by atoms with E-state index in [-0.39, 0.29) is 6.79 Å². The molecule has 0 unspecified atom stereocenters. The molecule has 1 aliphatic heterocycles. The summed E-state index contributed by atoms with van der Waals surface area (Å²) in [7, 11) is 0. The number of nitrogens with one attached hydrogen (secondary N) is 2. The summed E-state index contributed by atoms with van der Waals surface area (Å²) in [5, 5.41) is 7.05. The van der Waals surface area contributed by atoms with Gasteiger partial charge in [0, 0.05) is 5.69 Å². The molecule has 0 atom stereocenters. The molecule has 9 heteroatoms. The lowest BCUT2D eigenvalue weighted by Gasteiger charge is -2.05. The van der Waals surface area contributed by atoms with Crippen LogP contribution in [0.3, 0.4) is 0 Å². The van der Waals surface area contributed by atoms with Gasteiger partial charge < -0.3 is 14.8 Å². The topological polar surface area (TPSA) is 89.0 Å². The number of carbonyl (C=O) groups excluding carboxylic acids is 2. The summed E-state index contributed by atoms with van der Waals surface area (Å²) in [5.41, 5.74) is 3.45. The largest absolute Gasteiger partial charge is 0.454 e. The lowest BCUT2D eigenvalue weighted by Crippen LogP contribution is -2.24. The Morgan fingerprint density at radius 1 is 1.04 bits per heavy atom. The van der Waals surface area contributed by atoms with Crippen molar-refractivity contribution in [2.75, 3.05) is 12.1 Å². The quantitative estimate of drug-likeness (QED) is 0.463. The molecule has 0 radical (unpaired) electrons. The number of ether oxygens (including phenoxy) is 2. The highest BCUT2D eigenvalue weighted by molar-refractivity contribution is 6.42. The molecular formula is C17H13Cl2N3O4. The van der Waals surface area contributed by atoms with Crippen LogP contribution in [0.4, 0.5) is 5.69 Å². The summed E-state index contributed by atoms with van der Waals surface area (Å²) < 4.78 is 10.5. The highest BCUT2D eigenvalue weighted by atomic mass is 35.5. The molecule has 2 aromatic rings. The third kappa shape index (κ3) is 4.65. The zero-order chi connectivity index (χ0) is 18.5. The van der Waals surface area contributed by atoms with E-state index in [4.69, 9.17) is 32.7 Å². The molecule has 2 aromatic carbocycles. The number of halogens is 2. The van der Waals surface area contributed by atoms with Gasteiger partial charge in [0.1, 0.15) is 6.42 Å². The van der Waals surface area contributed by atoms with Crippen LogP contribution < -0.4 is 20.2 Å². The average Bonchev–Trinajstić information content (AvgIpc) is 3.06. The molecule has 0 fully saturated rings. The summed E-state index contributed by atoms with van der Waals surface area (Å²) in [6.07, 6.45) is 1.05. The van der Waals surface area contributed by atoms with Gasteiger partial charge in [-0.1, -0.05) is 23.2 Å². The van der Waals surface area contributed by atoms with E-state index in [1.165, 1.54) is 12.3 Å². The lowest BCUT2D eigenvalue weighted by molar-refractivity contribution is -0.126. The van der Waals surface area contributed by atoms with Gasteiger partial charge in [-0.2, -0.15) is 5.10 Å². The summed E-state index contributed by atoms with van der Waals surface area (Å²) in [6.45, 7) is 0.181. The number of nitrogens with zero attached hydrogens (tertiary/aromatic N) is 1. The van der Waals surface area contributed by atoms with Crippen molar-refractivity contribution in [3.63, 3.8) is 0 Å². The smallest absolute Gasteiger partial charge is 0.249 e. The molecule has 1 heterocycles. The number of carbonyl (C=O) groups is 2. The Kier molecular flexibility index (Phi) is 5.60. The number of anilines is 1. The summed E-state index contributed by atoms with van der Waals surface area (Å²) in [6, 6.07) is 9.87. The maximum atomic E-state index is 11.8. The molecule has 134 valence electrons. The normalized spacial score (nSPS) is 12.2. The first kappa shape index (κ1) is 18.0. The fourth-order valence-electron chi connectivity index (χ4n) is 2.14. The van der Waals surface area contributed by atoms with Crippen LogP contribution in [-0.4, -0.2) is 24.8 Å². The third-order valence-corrected chi connectivity index (χ3v) is 4.06. The summed E-state index contributed by atoms with van der Waals surface area (Å²) in [5.74, 6) is 0.213. The zero-order valence-electron chi connectivity index (χ0n) is 13.3. The predicted octanol–water partition coefficient (Wildman–Crippen LogP) is 3.20. The Bertz CT molecular complexity index is 886. The second-order valence-corrected chi connectivity index (χ2v) is 6.07. The third-order valence-electron chi connectivity index (χ3n) is 3.32. The number of hydrogen-bond donors (Lipinski definition) is 2. The Labute approximate surface area is 158 Å². The van der Waals surface area contributed by atoms with Crippen molar-refractivity contribution >= 4 is 46.9 Å². The molecular weight excluding hydrogens is 381 g/mol. The molecule has 7 nitrogen and oxygen atoms in total. The minimum absolute atomic E-state index is 0.181. The Morgan fingerprint density at radius 2 is 1.85 bits per heavy atom. The number of hydrazone groups is 1. The van der Waals surface area contributed by atoms with Crippen LogP contribution in [0.15, 0.2) is 41.5 Å². The van der Waals surface area contributed by atoms with Gasteiger partial charge in [-0.25, -0.2) is 5.43 Å². The van der Waals surface area contributed by atoms with Crippen molar-refractivity contribution in [1.82, 2.24) is 5.43 Å². The highest BCUT2D eigenvalue weighted by Crippen LogP contribution is 2.32. The predicted molar refractivity (Wildman–Crippen MR) is 98.0 cm³/mol. The van der Waals surface area contributed by atoms with Crippen molar-refractivity contribution in [3.8, 4) is 11.5 Å². The standard InChI is InChI=1S/C17H13Cl2N3O4/c18-12-3-2-11(6-13(12)19)21-16(23)7-17(24)22-20-8-10-1-4-14-15(5-10)26-9-25-14/h1-6,8H,7,9H2,(H,21,23)(H,22,24). The van der Waals surface area contributed by atoms with Crippen LogP contribution in [0.1, 0.15) is 12.0 Å². The first-order valence-corrected chi connectivity index (χ1v) is 8.23. The molecule has 2 N–H and O–H groups in total. The zero-order valence-corrected chi connectivity index (χ0v) is 14.8. The SMILES string of the molecule is O=C(CC(=O)Nc1ccc(Cl)c(Cl)c1)NN=Cc1ccc2c(c1)OCO2. The molecule has 0 saturated heterocycles. The van der Waals surface area contributed by atoms with E-state index >= 15 is 0 Å². The molecule has 0 bridgehead atoms. The molecule has 0 spiro atoms. The molecule has 0 aromatic heterocycles. The van der Waals surface area contributed by atoms with Crippen molar-refractivity contribution in [1.29, 1.82) is 0 Å².